The van der Waals surface area contributed by atoms with Crippen LogP contribution in [0.4, 0.5) is 11.4 Å². The number of nitrogens with zero attached hydrogens (tertiary/aromatic N) is 3. The van der Waals surface area contributed by atoms with Gasteiger partial charge in [0, 0.05) is 11.4 Å². The van der Waals surface area contributed by atoms with Gasteiger partial charge in [0.2, 0.25) is 0 Å². The maximum absolute atomic E-state index is 14.0. The van der Waals surface area contributed by atoms with Gasteiger partial charge in [0.25, 0.3) is 11.8 Å². The molecule has 0 aromatic heterocycles. The van der Waals surface area contributed by atoms with Gasteiger partial charge in [-0.05, 0) is 55.5 Å². The molecule has 0 saturated carbocycles. The maximum atomic E-state index is 14.0. The molecular formula is C25H19N3O5. The third-order valence-corrected chi connectivity index (χ3v) is 6.47. The number of benzene rings is 2. The van der Waals surface area contributed by atoms with E-state index in [1.165, 1.54) is 24.2 Å². The van der Waals surface area contributed by atoms with Gasteiger partial charge in [0.15, 0.2) is 11.1 Å². The SMILES string of the molecule is COc1ccc(N2C(C)=C(C#N)C34C(=O)N(c5ccccc5)C(=O)C3=C(O)C=CC24O)cc1. The van der Waals surface area contributed by atoms with Crippen LogP contribution in [0.1, 0.15) is 6.92 Å². The summed E-state index contributed by atoms with van der Waals surface area (Å²) in [6, 6.07) is 17.0. The number of hydrogen-bond donors (Lipinski definition) is 2. The van der Waals surface area contributed by atoms with Crippen LogP contribution in [0.15, 0.2) is 89.4 Å². The van der Waals surface area contributed by atoms with Gasteiger partial charge in [-0.1, -0.05) is 18.2 Å². The number of imide groups is 1. The van der Waals surface area contributed by atoms with E-state index in [0.717, 1.165) is 4.90 Å². The molecule has 2 unspecified atom stereocenters. The molecule has 1 fully saturated rings. The molecule has 3 aliphatic rings. The topological polar surface area (TPSA) is 114 Å². The van der Waals surface area contributed by atoms with Gasteiger partial charge < -0.3 is 19.8 Å². The molecular weight excluding hydrogens is 422 g/mol. The van der Waals surface area contributed by atoms with Crippen LogP contribution in [-0.2, 0) is 9.59 Å². The van der Waals surface area contributed by atoms with Crippen LogP contribution >= 0.6 is 0 Å². The predicted molar refractivity (Wildman–Crippen MR) is 119 cm³/mol. The Hall–Kier alpha value is -4.35. The van der Waals surface area contributed by atoms with Gasteiger partial charge in [-0.3, -0.25) is 9.59 Å². The number of aliphatic hydroxyl groups excluding tert-OH is 1. The molecule has 2 heterocycles. The molecule has 8 nitrogen and oxygen atoms in total. The number of nitriles is 1. The zero-order chi connectivity index (χ0) is 23.5. The molecule has 1 aliphatic carbocycles. The zero-order valence-electron chi connectivity index (χ0n) is 17.8. The van der Waals surface area contributed by atoms with Gasteiger partial charge in [0.1, 0.15) is 11.5 Å². The first kappa shape index (κ1) is 20.5. The summed E-state index contributed by atoms with van der Waals surface area (Å²) in [7, 11) is 1.52. The van der Waals surface area contributed by atoms with Gasteiger partial charge in [-0.25, -0.2) is 4.90 Å². The summed E-state index contributed by atoms with van der Waals surface area (Å²) >= 11 is 0. The van der Waals surface area contributed by atoms with Crippen molar-refractivity contribution < 1.29 is 24.5 Å². The number of amides is 2. The third-order valence-electron chi connectivity index (χ3n) is 6.47. The molecule has 5 rings (SSSR count). The highest BCUT2D eigenvalue weighted by Crippen LogP contribution is 2.62. The molecule has 0 bridgehead atoms. The number of carbonyl (C=O) groups excluding carboxylic acids is 2. The summed E-state index contributed by atoms with van der Waals surface area (Å²) in [6.45, 7) is 1.60. The second-order valence-electron chi connectivity index (χ2n) is 7.96. The highest BCUT2D eigenvalue weighted by Gasteiger charge is 2.76. The fourth-order valence-electron chi connectivity index (χ4n) is 5.08. The lowest BCUT2D eigenvalue weighted by molar-refractivity contribution is -0.130. The smallest absolute Gasteiger partial charge is 0.266 e. The van der Waals surface area contributed by atoms with Crippen LogP contribution in [-0.4, -0.2) is 34.9 Å². The van der Waals surface area contributed by atoms with Crippen molar-refractivity contribution in [1.29, 1.82) is 5.26 Å². The molecule has 2 N–H and O–H groups in total. The van der Waals surface area contributed by atoms with Crippen molar-refractivity contribution in [3.63, 3.8) is 0 Å². The summed E-state index contributed by atoms with van der Waals surface area (Å²) in [5.41, 5.74) is -3.66. The fraction of sp³-hybridized carbons (Fsp3) is 0.160. The average Bonchev–Trinajstić information content (AvgIpc) is 3.18. The van der Waals surface area contributed by atoms with Crippen LogP contribution in [0.2, 0.25) is 0 Å². The van der Waals surface area contributed by atoms with E-state index < -0.39 is 28.7 Å². The molecule has 2 atom stereocenters. The number of ether oxygens (including phenoxy) is 1. The Balaban J connectivity index is 1.79. The van der Waals surface area contributed by atoms with Crippen LogP contribution in [0.5, 0.6) is 5.75 Å². The Kier molecular flexibility index (Phi) is 4.25. The molecule has 164 valence electrons. The van der Waals surface area contributed by atoms with E-state index in [4.69, 9.17) is 4.74 Å². The number of anilines is 2. The highest BCUT2D eigenvalue weighted by molar-refractivity contribution is 6.34. The monoisotopic (exact) mass is 441 g/mol. The first-order chi connectivity index (χ1) is 15.8. The Morgan fingerprint density at radius 2 is 1.70 bits per heavy atom. The number of aliphatic hydroxyl groups is 2. The minimum atomic E-state index is -2.14. The van der Waals surface area contributed by atoms with E-state index in [2.05, 4.69) is 0 Å². The number of methoxy groups -OCH3 is 1. The van der Waals surface area contributed by atoms with Crippen LogP contribution in [0.25, 0.3) is 0 Å². The zero-order valence-corrected chi connectivity index (χ0v) is 17.8. The first-order valence-corrected chi connectivity index (χ1v) is 10.2. The van der Waals surface area contributed by atoms with Crippen molar-refractivity contribution >= 4 is 23.2 Å². The Morgan fingerprint density at radius 3 is 2.30 bits per heavy atom. The summed E-state index contributed by atoms with van der Waals surface area (Å²) in [5, 5.41) is 33.0. The van der Waals surface area contributed by atoms with E-state index in [1.807, 2.05) is 6.07 Å². The van der Waals surface area contributed by atoms with Gasteiger partial charge >= 0.3 is 0 Å². The Labute approximate surface area is 189 Å². The maximum Gasteiger partial charge on any atom is 0.266 e. The number of rotatable bonds is 3. The standard InChI is InChI=1S/C25H19N3O5/c1-15-19(14-26)25-21(22(30)27(23(25)31)16-6-4-3-5-7-16)20(29)12-13-24(25,32)28(15)17-8-10-18(33-2)11-9-17/h3-13,29,32H,1-2H3. The summed E-state index contributed by atoms with van der Waals surface area (Å²) < 4.78 is 5.20. The molecule has 8 heteroatoms. The first-order valence-electron chi connectivity index (χ1n) is 10.2. The second-order valence-corrected chi connectivity index (χ2v) is 7.96. The molecule has 1 saturated heterocycles. The molecule has 33 heavy (non-hydrogen) atoms. The highest BCUT2D eigenvalue weighted by atomic mass is 16.5. The van der Waals surface area contributed by atoms with E-state index in [-0.39, 0.29) is 22.5 Å². The quantitative estimate of drug-likeness (QED) is 0.704. The average molecular weight is 441 g/mol. The third kappa shape index (κ3) is 2.31. The van der Waals surface area contributed by atoms with Gasteiger partial charge in [-0.15, -0.1) is 0 Å². The van der Waals surface area contributed by atoms with Crippen molar-refractivity contribution in [2.75, 3.05) is 16.9 Å². The lowest BCUT2D eigenvalue weighted by Crippen LogP contribution is -2.59. The Bertz CT molecular complexity index is 1340. The summed E-state index contributed by atoms with van der Waals surface area (Å²) in [6.07, 6.45) is 2.45. The normalized spacial score (nSPS) is 26.0. The molecule has 2 aromatic rings. The number of carbonyl (C=O) groups is 2. The number of hydrogen-bond acceptors (Lipinski definition) is 7. The molecule has 2 amide bonds. The van der Waals surface area contributed by atoms with Crippen LogP contribution in [0, 0.1) is 16.7 Å². The van der Waals surface area contributed by atoms with Crippen molar-refractivity contribution in [3.05, 3.63) is 89.4 Å². The minimum Gasteiger partial charge on any atom is -0.507 e. The summed E-state index contributed by atoms with van der Waals surface area (Å²) in [5.74, 6) is -1.47. The predicted octanol–water partition coefficient (Wildman–Crippen LogP) is 2.94. The molecule has 0 radical (unpaired) electrons. The van der Waals surface area contributed by atoms with Crippen molar-refractivity contribution in [1.82, 2.24) is 0 Å². The lowest BCUT2D eigenvalue weighted by Gasteiger charge is -2.44. The van der Waals surface area contributed by atoms with Crippen molar-refractivity contribution in [2.45, 2.75) is 12.6 Å². The number of allylic oxidation sites excluding steroid dienone is 2. The largest absolute Gasteiger partial charge is 0.507 e. The molecule has 2 aliphatic heterocycles. The number of para-hydroxylation sites is 1. The lowest BCUT2D eigenvalue weighted by atomic mass is 9.66. The fourth-order valence-corrected chi connectivity index (χ4v) is 5.08. The van der Waals surface area contributed by atoms with E-state index in [0.29, 0.717) is 11.4 Å². The molecule has 1 spiro atoms. The summed E-state index contributed by atoms with van der Waals surface area (Å²) in [4.78, 5) is 29.9. The van der Waals surface area contributed by atoms with Crippen LogP contribution < -0.4 is 14.5 Å². The minimum absolute atomic E-state index is 0.108. The van der Waals surface area contributed by atoms with E-state index >= 15 is 0 Å². The second kappa shape index (κ2) is 6.82. The van der Waals surface area contributed by atoms with Crippen molar-refractivity contribution in [3.8, 4) is 11.8 Å². The molecule has 2 aromatic carbocycles. The van der Waals surface area contributed by atoms with E-state index in [9.17, 15) is 25.1 Å². The van der Waals surface area contributed by atoms with Crippen LogP contribution in [0.3, 0.4) is 0 Å². The van der Waals surface area contributed by atoms with E-state index in [1.54, 1.807) is 61.5 Å². The Morgan fingerprint density at radius 1 is 1.03 bits per heavy atom. The van der Waals surface area contributed by atoms with Gasteiger partial charge in [-0.2, -0.15) is 5.26 Å². The van der Waals surface area contributed by atoms with Crippen molar-refractivity contribution in [2.24, 2.45) is 5.41 Å². The van der Waals surface area contributed by atoms with Gasteiger partial charge in [0.05, 0.1) is 30.0 Å².